The molecule has 1 amide bonds. The summed E-state index contributed by atoms with van der Waals surface area (Å²) < 4.78 is 1.99. The summed E-state index contributed by atoms with van der Waals surface area (Å²) in [5.41, 5.74) is 6.24. The highest BCUT2D eigenvalue weighted by Gasteiger charge is 2.29. The number of aliphatic imine (C=N–C) groups is 1. The molecule has 1 unspecified atom stereocenters. The Labute approximate surface area is 214 Å². The fourth-order valence-electron chi connectivity index (χ4n) is 4.54. The lowest BCUT2D eigenvalue weighted by Gasteiger charge is -2.15. The molecule has 0 fully saturated rings. The number of aromatic nitrogens is 3. The Balaban J connectivity index is 1.74. The van der Waals surface area contributed by atoms with Crippen LogP contribution in [0.5, 0.6) is 0 Å². The van der Waals surface area contributed by atoms with E-state index < -0.39 is 6.04 Å². The molecule has 0 saturated heterocycles. The predicted molar refractivity (Wildman–Crippen MR) is 141 cm³/mol. The molecular formula is C28H26ClN5O2. The van der Waals surface area contributed by atoms with Crippen LogP contribution in [-0.2, 0) is 11.4 Å². The molecule has 0 spiro atoms. The number of benzene rings is 3. The molecule has 0 bridgehead atoms. The largest absolute Gasteiger partial charge is 0.392 e. The molecule has 182 valence electrons. The highest BCUT2D eigenvalue weighted by atomic mass is 35.5. The van der Waals surface area contributed by atoms with Crippen molar-refractivity contribution >= 4 is 23.2 Å². The van der Waals surface area contributed by atoms with Gasteiger partial charge in [-0.3, -0.25) is 14.4 Å². The van der Waals surface area contributed by atoms with E-state index in [4.69, 9.17) is 16.6 Å². The number of fused-ring (bicyclic) bond motifs is 3. The summed E-state index contributed by atoms with van der Waals surface area (Å²) in [6, 6.07) is 21.0. The first kappa shape index (κ1) is 23.9. The molecule has 0 aliphatic carbocycles. The summed E-state index contributed by atoms with van der Waals surface area (Å²) in [7, 11) is 0. The zero-order valence-corrected chi connectivity index (χ0v) is 20.8. The molecule has 7 nitrogen and oxygen atoms in total. The lowest BCUT2D eigenvalue weighted by Crippen LogP contribution is -2.25. The van der Waals surface area contributed by atoms with Gasteiger partial charge in [0.1, 0.15) is 11.9 Å². The van der Waals surface area contributed by atoms with Gasteiger partial charge in [0.2, 0.25) is 5.91 Å². The van der Waals surface area contributed by atoms with Crippen LogP contribution < -0.4 is 5.32 Å². The molecule has 36 heavy (non-hydrogen) atoms. The second-order valence-electron chi connectivity index (χ2n) is 8.69. The first-order valence-corrected chi connectivity index (χ1v) is 12.2. The third-order valence-electron chi connectivity index (χ3n) is 6.24. The van der Waals surface area contributed by atoms with Crippen LogP contribution in [-0.4, -0.2) is 38.0 Å². The number of aliphatic hydroxyl groups excluding tert-OH is 1. The van der Waals surface area contributed by atoms with E-state index in [1.807, 2.05) is 79.1 Å². The van der Waals surface area contributed by atoms with Crippen LogP contribution >= 0.6 is 11.6 Å². The Morgan fingerprint density at radius 3 is 2.53 bits per heavy atom. The van der Waals surface area contributed by atoms with Crippen molar-refractivity contribution in [2.24, 2.45) is 4.99 Å². The molecule has 0 saturated carbocycles. The van der Waals surface area contributed by atoms with E-state index in [9.17, 15) is 9.90 Å². The van der Waals surface area contributed by atoms with Gasteiger partial charge < -0.3 is 10.4 Å². The minimum absolute atomic E-state index is 0.0268. The molecule has 1 aliphatic heterocycles. The quantitative estimate of drug-likeness (QED) is 0.398. The average molecular weight is 500 g/mol. The number of carbonyl (C=O) groups is 1. The van der Waals surface area contributed by atoms with Crippen LogP contribution in [0.2, 0.25) is 5.02 Å². The van der Waals surface area contributed by atoms with Crippen molar-refractivity contribution in [1.82, 2.24) is 20.1 Å². The number of aliphatic hydroxyl groups is 1. The van der Waals surface area contributed by atoms with Crippen LogP contribution in [0.4, 0.5) is 0 Å². The van der Waals surface area contributed by atoms with Crippen LogP contribution in [0, 0.1) is 6.92 Å². The second-order valence-corrected chi connectivity index (χ2v) is 9.13. The molecular weight excluding hydrogens is 474 g/mol. The van der Waals surface area contributed by atoms with Crippen molar-refractivity contribution in [2.45, 2.75) is 32.9 Å². The number of hydrogen-bond donors (Lipinski definition) is 2. The van der Waals surface area contributed by atoms with Crippen molar-refractivity contribution in [1.29, 1.82) is 0 Å². The highest BCUT2D eigenvalue weighted by molar-refractivity contribution is 6.30. The topological polar surface area (TPSA) is 92.4 Å². The predicted octanol–water partition coefficient (Wildman–Crippen LogP) is 4.81. The van der Waals surface area contributed by atoms with Gasteiger partial charge in [-0.05, 0) is 60.9 Å². The van der Waals surface area contributed by atoms with Crippen molar-refractivity contribution in [3.63, 3.8) is 0 Å². The zero-order valence-electron chi connectivity index (χ0n) is 20.1. The number of nitrogens with one attached hydrogen (secondary N) is 1. The summed E-state index contributed by atoms with van der Waals surface area (Å²) in [6.07, 6.45) is 0.155. The minimum atomic E-state index is -0.517. The SMILES string of the molecule is CCNC(=O)CC1N=C(c2ccc(Cl)cc2)c2cc(-c3cccc(CO)c3)ccc2-n2c(C)nnc21. The van der Waals surface area contributed by atoms with E-state index in [0.717, 1.165) is 45.0 Å². The normalized spacial score (nSPS) is 14.4. The maximum Gasteiger partial charge on any atom is 0.222 e. The van der Waals surface area contributed by atoms with Gasteiger partial charge in [-0.2, -0.15) is 0 Å². The summed E-state index contributed by atoms with van der Waals surface area (Å²) in [5, 5.41) is 21.9. The molecule has 4 aromatic rings. The second kappa shape index (κ2) is 10.0. The van der Waals surface area contributed by atoms with Gasteiger partial charge in [0.25, 0.3) is 0 Å². The third-order valence-corrected chi connectivity index (χ3v) is 6.49. The molecule has 1 aliphatic rings. The summed E-state index contributed by atoms with van der Waals surface area (Å²) >= 11 is 6.19. The Kier molecular flexibility index (Phi) is 6.67. The lowest BCUT2D eigenvalue weighted by molar-refractivity contribution is -0.121. The third kappa shape index (κ3) is 4.55. The molecule has 1 atom stereocenters. The molecule has 3 aromatic carbocycles. The fourth-order valence-corrected chi connectivity index (χ4v) is 4.67. The Morgan fingerprint density at radius 2 is 1.78 bits per heavy atom. The van der Waals surface area contributed by atoms with E-state index >= 15 is 0 Å². The number of amides is 1. The summed E-state index contributed by atoms with van der Waals surface area (Å²) in [6.45, 7) is 4.31. The smallest absolute Gasteiger partial charge is 0.222 e. The Bertz CT molecular complexity index is 1460. The lowest BCUT2D eigenvalue weighted by atomic mass is 9.95. The molecule has 5 rings (SSSR count). The van der Waals surface area contributed by atoms with Gasteiger partial charge in [-0.1, -0.05) is 48.0 Å². The monoisotopic (exact) mass is 499 g/mol. The van der Waals surface area contributed by atoms with E-state index in [1.165, 1.54) is 0 Å². The number of halogens is 1. The van der Waals surface area contributed by atoms with Gasteiger partial charge in [-0.25, -0.2) is 0 Å². The van der Waals surface area contributed by atoms with Crippen LogP contribution in [0.15, 0.2) is 71.7 Å². The molecule has 0 radical (unpaired) electrons. The van der Waals surface area contributed by atoms with Crippen LogP contribution in [0.3, 0.4) is 0 Å². The van der Waals surface area contributed by atoms with Crippen LogP contribution in [0.1, 0.15) is 47.7 Å². The maximum atomic E-state index is 12.6. The first-order valence-electron chi connectivity index (χ1n) is 11.9. The van der Waals surface area contributed by atoms with E-state index in [2.05, 4.69) is 21.6 Å². The number of aryl methyl sites for hydroxylation is 1. The van der Waals surface area contributed by atoms with E-state index in [-0.39, 0.29) is 18.9 Å². The van der Waals surface area contributed by atoms with Crippen molar-refractivity contribution in [2.75, 3.05) is 6.54 Å². The zero-order chi connectivity index (χ0) is 25.2. The fraction of sp³-hybridized carbons (Fsp3) is 0.214. The number of hydrogen-bond acceptors (Lipinski definition) is 5. The number of rotatable bonds is 6. The number of carbonyl (C=O) groups excluding carboxylic acids is 1. The van der Waals surface area contributed by atoms with Gasteiger partial charge >= 0.3 is 0 Å². The maximum absolute atomic E-state index is 12.6. The van der Waals surface area contributed by atoms with E-state index in [0.29, 0.717) is 17.4 Å². The molecule has 8 heteroatoms. The van der Waals surface area contributed by atoms with Crippen LogP contribution in [0.25, 0.3) is 16.8 Å². The van der Waals surface area contributed by atoms with Gasteiger partial charge in [0.05, 0.1) is 24.4 Å². The number of nitrogens with zero attached hydrogens (tertiary/aromatic N) is 4. The van der Waals surface area contributed by atoms with Gasteiger partial charge in [0, 0.05) is 22.7 Å². The standard InChI is InChI=1S/C28H26ClN5O2/c1-3-30-26(36)15-24-28-33-32-17(2)34(28)25-12-9-21(20-6-4-5-18(13-20)16-35)14-23(25)27(31-24)19-7-10-22(29)11-8-19/h4-14,24,35H,3,15-16H2,1-2H3,(H,30,36). The van der Waals surface area contributed by atoms with E-state index in [1.54, 1.807) is 0 Å². The van der Waals surface area contributed by atoms with Crippen molar-refractivity contribution in [3.8, 4) is 16.8 Å². The first-order chi connectivity index (χ1) is 17.5. The minimum Gasteiger partial charge on any atom is -0.392 e. The summed E-state index contributed by atoms with van der Waals surface area (Å²) in [4.78, 5) is 17.7. The molecule has 2 heterocycles. The summed E-state index contributed by atoms with van der Waals surface area (Å²) in [5.74, 6) is 1.25. The van der Waals surface area contributed by atoms with Crippen molar-refractivity contribution < 1.29 is 9.90 Å². The average Bonchev–Trinajstić information content (AvgIpc) is 3.21. The van der Waals surface area contributed by atoms with Crippen molar-refractivity contribution in [3.05, 3.63) is 100 Å². The molecule has 1 aromatic heterocycles. The van der Waals surface area contributed by atoms with Gasteiger partial charge in [0.15, 0.2) is 5.82 Å². The molecule has 2 N–H and O–H groups in total. The highest BCUT2D eigenvalue weighted by Crippen LogP contribution is 2.35. The Morgan fingerprint density at radius 1 is 1.03 bits per heavy atom. The Hall–Kier alpha value is -3.81. The van der Waals surface area contributed by atoms with Gasteiger partial charge in [-0.15, -0.1) is 10.2 Å².